The third-order valence-electron chi connectivity index (χ3n) is 5.81. The summed E-state index contributed by atoms with van der Waals surface area (Å²) in [6, 6.07) is 23.1. The third-order valence-corrected chi connectivity index (χ3v) is 6.95. The zero-order chi connectivity index (χ0) is 30.8. The second-order valence-electron chi connectivity index (χ2n) is 8.90. The third kappa shape index (κ3) is 8.83. The van der Waals surface area contributed by atoms with E-state index in [9.17, 15) is 4.79 Å². The van der Waals surface area contributed by atoms with Gasteiger partial charge in [0.25, 0.3) is 0 Å². The lowest BCUT2D eigenvalue weighted by Gasteiger charge is -2.12. The topological polar surface area (TPSA) is 133 Å². The van der Waals surface area contributed by atoms with Crippen molar-refractivity contribution in [2.24, 2.45) is 0 Å². The fourth-order valence-electron chi connectivity index (χ4n) is 3.80. The number of carboxylic acid groups (broad SMARTS) is 1. The number of ether oxygens (including phenoxy) is 2. The van der Waals surface area contributed by atoms with Crippen molar-refractivity contribution in [2.75, 3.05) is 0 Å². The van der Waals surface area contributed by atoms with Crippen LogP contribution in [-0.4, -0.2) is 32.6 Å². The summed E-state index contributed by atoms with van der Waals surface area (Å²) in [6.07, 6.45) is 0.482. The summed E-state index contributed by atoms with van der Waals surface area (Å²) < 4.78 is 21.1. The molecule has 0 aliphatic rings. The maximum absolute atomic E-state index is 11.2. The molecule has 0 saturated heterocycles. The quantitative estimate of drug-likeness (QED) is 0.0810. The minimum atomic E-state index is -1.09. The SMILES string of the molecule is CCCc1nc(Oc2ccc(Cl)cc2)ccc1-c1noc2cc(Cl)c(O[C@@H](C)C(=O)O)cc12.OOOSc1ccccc1. The van der Waals surface area contributed by atoms with Crippen LogP contribution in [0.2, 0.25) is 10.0 Å². The number of hydrogen-bond donors (Lipinski definition) is 2. The molecule has 0 spiro atoms. The van der Waals surface area contributed by atoms with Crippen LogP contribution in [0.5, 0.6) is 17.4 Å². The average Bonchev–Trinajstić information content (AvgIpc) is 3.40. The standard InChI is InChI=1S/C24H20Cl2N2O5.C6H6O3S/c1-3-4-19-16(9-10-22(27-19)32-15-7-5-14(25)6-8-15)23-17-11-21(31-13(2)24(29)30)18(26)12-20(17)33-28-23;7-8-9-10-6-4-2-1-3-5-6/h5-13H,3-4H2,1-2H3,(H,29,30);1-5,7H/t13-;/m0./s1. The predicted octanol–water partition coefficient (Wildman–Crippen LogP) is 8.91. The first-order chi connectivity index (χ1) is 20.8. The van der Waals surface area contributed by atoms with E-state index in [0.29, 0.717) is 39.7 Å². The maximum atomic E-state index is 11.2. The van der Waals surface area contributed by atoms with Gasteiger partial charge < -0.3 is 19.1 Å². The molecule has 0 amide bonds. The van der Waals surface area contributed by atoms with Crippen LogP contribution in [0.15, 0.2) is 88.3 Å². The molecule has 43 heavy (non-hydrogen) atoms. The molecule has 2 heterocycles. The molecule has 0 bridgehead atoms. The highest BCUT2D eigenvalue weighted by atomic mass is 35.5. The first-order valence-electron chi connectivity index (χ1n) is 12.9. The van der Waals surface area contributed by atoms with Crippen molar-refractivity contribution in [3.8, 4) is 28.6 Å². The van der Waals surface area contributed by atoms with Crippen molar-refractivity contribution in [1.82, 2.24) is 10.1 Å². The molecular formula is C30H26Cl2N2O8S. The van der Waals surface area contributed by atoms with E-state index in [2.05, 4.69) is 26.4 Å². The Bertz CT molecular complexity index is 1650. The molecule has 5 rings (SSSR count). The molecule has 13 heteroatoms. The molecule has 5 aromatic rings. The molecule has 2 N–H and O–H groups in total. The number of fused-ring (bicyclic) bond motifs is 1. The molecule has 2 aromatic heterocycles. The van der Waals surface area contributed by atoms with Gasteiger partial charge in [-0.1, -0.05) is 64.9 Å². The van der Waals surface area contributed by atoms with Crippen LogP contribution < -0.4 is 9.47 Å². The van der Waals surface area contributed by atoms with Crippen LogP contribution in [0.25, 0.3) is 22.2 Å². The van der Waals surface area contributed by atoms with Crippen LogP contribution in [-0.2, 0) is 20.6 Å². The Morgan fingerprint density at radius 3 is 2.47 bits per heavy atom. The maximum Gasteiger partial charge on any atom is 0.344 e. The van der Waals surface area contributed by atoms with Gasteiger partial charge in [-0.2, -0.15) is 0 Å². The van der Waals surface area contributed by atoms with Crippen LogP contribution in [0.4, 0.5) is 0 Å². The Balaban J connectivity index is 0.000000359. The molecule has 0 aliphatic heterocycles. The van der Waals surface area contributed by atoms with Gasteiger partial charge in [-0.05, 0) is 61.9 Å². The minimum Gasteiger partial charge on any atom is -0.479 e. The van der Waals surface area contributed by atoms with Gasteiger partial charge in [-0.3, -0.25) is 0 Å². The highest BCUT2D eigenvalue weighted by Crippen LogP contribution is 2.37. The summed E-state index contributed by atoms with van der Waals surface area (Å²) >= 11 is 13.1. The number of halogens is 2. The summed E-state index contributed by atoms with van der Waals surface area (Å²) in [6.45, 7) is 3.48. The van der Waals surface area contributed by atoms with Gasteiger partial charge in [0.1, 0.15) is 17.2 Å². The molecule has 224 valence electrons. The number of carboxylic acids is 1. The largest absolute Gasteiger partial charge is 0.479 e. The van der Waals surface area contributed by atoms with Gasteiger partial charge in [0.15, 0.2) is 11.7 Å². The Hall–Kier alpha value is -3.84. The van der Waals surface area contributed by atoms with Crippen molar-refractivity contribution >= 4 is 52.2 Å². The number of aliphatic carboxylic acids is 1. The fraction of sp³-hybridized carbons (Fsp3) is 0.167. The van der Waals surface area contributed by atoms with E-state index in [1.807, 2.05) is 36.4 Å². The Kier molecular flexibility index (Phi) is 11.6. The number of benzene rings is 3. The molecule has 0 saturated carbocycles. The second kappa shape index (κ2) is 15.6. The minimum absolute atomic E-state index is 0.233. The van der Waals surface area contributed by atoms with Gasteiger partial charge in [0.05, 0.1) is 28.1 Å². The molecule has 0 aliphatic carbocycles. The Labute approximate surface area is 261 Å². The molecule has 1 atom stereocenters. The van der Waals surface area contributed by atoms with E-state index in [1.54, 1.807) is 42.5 Å². The number of carbonyl (C=O) groups is 1. The van der Waals surface area contributed by atoms with E-state index < -0.39 is 12.1 Å². The summed E-state index contributed by atoms with van der Waals surface area (Å²) in [4.78, 5) is 16.7. The smallest absolute Gasteiger partial charge is 0.344 e. The van der Waals surface area contributed by atoms with Crippen LogP contribution in [0.3, 0.4) is 0 Å². The number of aryl methyl sites for hydroxylation is 1. The molecular weight excluding hydrogens is 619 g/mol. The van der Waals surface area contributed by atoms with Gasteiger partial charge >= 0.3 is 5.97 Å². The van der Waals surface area contributed by atoms with E-state index in [0.717, 1.165) is 34.6 Å². The van der Waals surface area contributed by atoms with Crippen molar-refractivity contribution in [1.29, 1.82) is 0 Å². The summed E-state index contributed by atoms with van der Waals surface area (Å²) in [5, 5.41) is 26.1. The highest BCUT2D eigenvalue weighted by Gasteiger charge is 2.20. The lowest BCUT2D eigenvalue weighted by atomic mass is 10.0. The second-order valence-corrected chi connectivity index (χ2v) is 10.5. The van der Waals surface area contributed by atoms with Crippen LogP contribution in [0, 0.1) is 0 Å². The number of nitrogens with zero attached hydrogens (tertiary/aromatic N) is 2. The number of pyridine rings is 1. The van der Waals surface area contributed by atoms with E-state index in [4.69, 9.17) is 47.6 Å². The molecule has 0 radical (unpaired) electrons. The average molecular weight is 646 g/mol. The Morgan fingerprint density at radius 1 is 1.05 bits per heavy atom. The fourth-order valence-corrected chi connectivity index (χ4v) is 4.50. The summed E-state index contributed by atoms with van der Waals surface area (Å²) in [7, 11) is 0. The van der Waals surface area contributed by atoms with Crippen molar-refractivity contribution < 1.29 is 38.5 Å². The molecule has 0 fully saturated rings. The van der Waals surface area contributed by atoms with Gasteiger partial charge in [-0.25, -0.2) is 15.0 Å². The lowest BCUT2D eigenvalue weighted by Crippen LogP contribution is -2.22. The lowest BCUT2D eigenvalue weighted by molar-refractivity contribution is -0.432. The van der Waals surface area contributed by atoms with Crippen molar-refractivity contribution in [3.63, 3.8) is 0 Å². The van der Waals surface area contributed by atoms with E-state index >= 15 is 0 Å². The zero-order valence-corrected chi connectivity index (χ0v) is 25.2. The normalized spacial score (nSPS) is 11.5. The highest BCUT2D eigenvalue weighted by molar-refractivity contribution is 7.94. The molecule has 0 unspecified atom stereocenters. The molecule has 10 nitrogen and oxygen atoms in total. The van der Waals surface area contributed by atoms with Gasteiger partial charge in [0.2, 0.25) is 5.88 Å². The molecule has 3 aromatic carbocycles. The summed E-state index contributed by atoms with van der Waals surface area (Å²) in [5.74, 6) is 0.205. The zero-order valence-electron chi connectivity index (χ0n) is 22.9. The van der Waals surface area contributed by atoms with Gasteiger partial charge in [-0.15, -0.1) is 4.33 Å². The van der Waals surface area contributed by atoms with Crippen LogP contribution in [0.1, 0.15) is 26.0 Å². The summed E-state index contributed by atoms with van der Waals surface area (Å²) in [5.41, 5.74) is 2.58. The van der Waals surface area contributed by atoms with E-state index in [1.165, 1.54) is 6.92 Å². The first-order valence-corrected chi connectivity index (χ1v) is 14.4. The van der Waals surface area contributed by atoms with Crippen LogP contribution >= 0.6 is 35.2 Å². The van der Waals surface area contributed by atoms with Gasteiger partial charge in [0, 0.05) is 27.6 Å². The number of hydrogen-bond acceptors (Lipinski definition) is 10. The monoisotopic (exact) mass is 644 g/mol. The van der Waals surface area contributed by atoms with E-state index in [-0.39, 0.29) is 10.8 Å². The first kappa shape index (κ1) is 32.1. The Morgan fingerprint density at radius 2 is 1.79 bits per heavy atom. The number of rotatable bonds is 11. The predicted molar refractivity (Wildman–Crippen MR) is 163 cm³/mol. The number of aromatic nitrogens is 2. The van der Waals surface area contributed by atoms with Crippen molar-refractivity contribution in [2.45, 2.75) is 37.7 Å². The van der Waals surface area contributed by atoms with Crippen molar-refractivity contribution in [3.05, 3.63) is 94.6 Å².